The number of rotatable bonds is 5. The van der Waals surface area contributed by atoms with Gasteiger partial charge in [-0.1, -0.05) is 28.5 Å². The zero-order valence-electron chi connectivity index (χ0n) is 19.0. The molecule has 0 aliphatic carbocycles. The van der Waals surface area contributed by atoms with Crippen LogP contribution in [-0.4, -0.2) is 56.6 Å². The molecule has 0 N–H and O–H groups in total. The first-order valence-electron chi connectivity index (χ1n) is 10.4. The Hall–Kier alpha value is -2.39. The van der Waals surface area contributed by atoms with Crippen molar-refractivity contribution in [2.24, 2.45) is 5.16 Å². The number of carbonyl (C=O) groups is 1. The summed E-state index contributed by atoms with van der Waals surface area (Å²) in [6, 6.07) is 3.28. The quantitative estimate of drug-likeness (QED) is 0.193. The summed E-state index contributed by atoms with van der Waals surface area (Å²) in [5.74, 6) is 0.677. The molecule has 0 saturated carbocycles. The SMILES string of the molecule is CSc1ncc(C(C)=NOc2ccnc(Cl)c2)c(C2CCN(C(=O)OC(C)(C)C)CC2)n1. The molecule has 2 aromatic heterocycles. The number of nitrogens with zero attached hydrogens (tertiary/aromatic N) is 5. The second-order valence-corrected chi connectivity index (χ2v) is 9.64. The Bertz CT molecular complexity index is 988. The molecule has 172 valence electrons. The summed E-state index contributed by atoms with van der Waals surface area (Å²) in [6.07, 6.45) is 6.59. The maximum atomic E-state index is 12.4. The van der Waals surface area contributed by atoms with Crippen molar-refractivity contribution in [1.29, 1.82) is 0 Å². The second-order valence-electron chi connectivity index (χ2n) is 8.48. The van der Waals surface area contributed by atoms with Crippen LogP contribution in [0.25, 0.3) is 0 Å². The van der Waals surface area contributed by atoms with Crippen molar-refractivity contribution >= 4 is 35.2 Å². The molecule has 1 fully saturated rings. The number of amides is 1. The lowest BCUT2D eigenvalue weighted by Crippen LogP contribution is -2.41. The molecular weight excluding hydrogens is 450 g/mol. The summed E-state index contributed by atoms with van der Waals surface area (Å²) in [7, 11) is 0. The van der Waals surface area contributed by atoms with Crippen molar-refractivity contribution in [3.63, 3.8) is 0 Å². The Labute approximate surface area is 197 Å². The van der Waals surface area contributed by atoms with Gasteiger partial charge in [-0.2, -0.15) is 0 Å². The third-order valence-electron chi connectivity index (χ3n) is 4.89. The monoisotopic (exact) mass is 477 g/mol. The number of piperidine rings is 1. The first-order chi connectivity index (χ1) is 15.2. The van der Waals surface area contributed by atoms with Crippen molar-refractivity contribution < 1.29 is 14.4 Å². The Morgan fingerprint density at radius 3 is 2.62 bits per heavy atom. The number of hydrogen-bond acceptors (Lipinski definition) is 8. The van der Waals surface area contributed by atoms with Gasteiger partial charge < -0.3 is 14.5 Å². The molecule has 0 radical (unpaired) electrons. The molecule has 3 heterocycles. The lowest BCUT2D eigenvalue weighted by molar-refractivity contribution is 0.0204. The van der Waals surface area contributed by atoms with E-state index >= 15 is 0 Å². The fourth-order valence-corrected chi connectivity index (χ4v) is 3.85. The van der Waals surface area contributed by atoms with Crippen LogP contribution in [0.1, 0.15) is 57.7 Å². The predicted octanol–water partition coefficient (Wildman–Crippen LogP) is 5.16. The van der Waals surface area contributed by atoms with Gasteiger partial charge in [0.2, 0.25) is 0 Å². The first-order valence-corrected chi connectivity index (χ1v) is 12.0. The Morgan fingerprint density at radius 2 is 2.00 bits per heavy atom. The summed E-state index contributed by atoms with van der Waals surface area (Å²) in [5, 5.41) is 5.29. The average Bonchev–Trinajstić information content (AvgIpc) is 2.76. The summed E-state index contributed by atoms with van der Waals surface area (Å²) in [5.41, 5.74) is 1.91. The number of carbonyl (C=O) groups excluding carboxylic acids is 1. The molecule has 10 heteroatoms. The molecule has 1 aliphatic rings. The zero-order valence-corrected chi connectivity index (χ0v) is 20.5. The number of pyridine rings is 1. The topological polar surface area (TPSA) is 89.8 Å². The molecule has 8 nitrogen and oxygen atoms in total. The maximum Gasteiger partial charge on any atom is 0.410 e. The molecule has 3 rings (SSSR count). The number of halogens is 1. The van der Waals surface area contributed by atoms with E-state index < -0.39 is 5.60 Å². The van der Waals surface area contributed by atoms with Gasteiger partial charge in [0.05, 0.1) is 11.4 Å². The highest BCUT2D eigenvalue weighted by atomic mass is 35.5. The molecule has 0 aromatic carbocycles. The van der Waals surface area contributed by atoms with Crippen molar-refractivity contribution in [3.05, 3.63) is 40.9 Å². The standard InChI is InChI=1S/C22H28ClN5O3S/c1-14(27-31-16-6-9-24-18(23)12-16)17-13-25-20(32-5)26-19(17)15-7-10-28(11-8-15)21(29)30-22(2,3)4/h6,9,12-13,15H,7-8,10-11H2,1-5H3. The van der Waals surface area contributed by atoms with E-state index in [0.29, 0.717) is 34.9 Å². The highest BCUT2D eigenvalue weighted by Crippen LogP contribution is 2.31. The zero-order chi connectivity index (χ0) is 23.3. The van der Waals surface area contributed by atoms with Crippen LogP contribution in [0, 0.1) is 0 Å². The third kappa shape index (κ3) is 6.56. The molecule has 1 saturated heterocycles. The van der Waals surface area contributed by atoms with E-state index in [4.69, 9.17) is 26.2 Å². The van der Waals surface area contributed by atoms with Gasteiger partial charge in [-0.15, -0.1) is 0 Å². The Balaban J connectivity index is 1.76. The fourth-order valence-electron chi connectivity index (χ4n) is 3.34. The van der Waals surface area contributed by atoms with Gasteiger partial charge >= 0.3 is 6.09 Å². The van der Waals surface area contributed by atoms with Gasteiger partial charge in [-0.3, -0.25) is 0 Å². The molecule has 0 unspecified atom stereocenters. The van der Waals surface area contributed by atoms with E-state index in [2.05, 4.69) is 15.1 Å². The van der Waals surface area contributed by atoms with Gasteiger partial charge in [0.25, 0.3) is 0 Å². The summed E-state index contributed by atoms with van der Waals surface area (Å²) in [6.45, 7) is 8.70. The van der Waals surface area contributed by atoms with Crippen molar-refractivity contribution in [3.8, 4) is 5.75 Å². The van der Waals surface area contributed by atoms with Crippen LogP contribution < -0.4 is 4.84 Å². The number of aromatic nitrogens is 3. The van der Waals surface area contributed by atoms with Gasteiger partial charge in [-0.25, -0.2) is 19.7 Å². The normalized spacial score (nSPS) is 15.6. The summed E-state index contributed by atoms with van der Waals surface area (Å²) < 4.78 is 5.51. The molecule has 1 amide bonds. The molecule has 2 aromatic rings. The highest BCUT2D eigenvalue weighted by molar-refractivity contribution is 7.98. The third-order valence-corrected chi connectivity index (χ3v) is 5.66. The van der Waals surface area contributed by atoms with Crippen molar-refractivity contribution in [2.75, 3.05) is 19.3 Å². The van der Waals surface area contributed by atoms with E-state index in [1.165, 1.54) is 11.8 Å². The largest absolute Gasteiger partial charge is 0.444 e. The van der Waals surface area contributed by atoms with Gasteiger partial charge in [0.1, 0.15) is 10.8 Å². The van der Waals surface area contributed by atoms with Crippen LogP contribution >= 0.6 is 23.4 Å². The van der Waals surface area contributed by atoms with Gasteiger partial charge in [-0.05, 0) is 46.8 Å². The Morgan fingerprint density at radius 1 is 1.28 bits per heavy atom. The molecular formula is C22H28ClN5O3S. The van der Waals surface area contributed by atoms with Crippen LogP contribution in [-0.2, 0) is 4.74 Å². The van der Waals surface area contributed by atoms with Crippen LogP contribution in [0.2, 0.25) is 5.15 Å². The van der Waals surface area contributed by atoms with Gasteiger partial charge in [0.15, 0.2) is 10.9 Å². The minimum atomic E-state index is -0.506. The lowest BCUT2D eigenvalue weighted by Gasteiger charge is -2.33. The number of thioether (sulfide) groups is 1. The maximum absolute atomic E-state index is 12.4. The molecule has 0 spiro atoms. The number of ether oxygens (including phenoxy) is 1. The van der Waals surface area contributed by atoms with Crippen LogP contribution in [0.5, 0.6) is 5.75 Å². The van der Waals surface area contributed by atoms with Crippen molar-refractivity contribution in [1.82, 2.24) is 19.9 Å². The van der Waals surface area contributed by atoms with Gasteiger partial charge in [0, 0.05) is 49.1 Å². The highest BCUT2D eigenvalue weighted by Gasteiger charge is 2.30. The van der Waals surface area contributed by atoms with Crippen LogP contribution in [0.4, 0.5) is 4.79 Å². The average molecular weight is 478 g/mol. The number of hydrogen-bond donors (Lipinski definition) is 0. The summed E-state index contributed by atoms with van der Waals surface area (Å²) >= 11 is 7.40. The summed E-state index contributed by atoms with van der Waals surface area (Å²) in [4.78, 5) is 32.8. The molecule has 1 aliphatic heterocycles. The fraction of sp³-hybridized carbons (Fsp3) is 0.500. The van der Waals surface area contributed by atoms with E-state index in [9.17, 15) is 4.79 Å². The first kappa shape index (κ1) is 24.3. The minimum absolute atomic E-state index is 0.179. The van der Waals surface area contributed by atoms with E-state index in [0.717, 1.165) is 24.1 Å². The lowest BCUT2D eigenvalue weighted by atomic mass is 9.90. The van der Waals surface area contributed by atoms with Crippen LogP contribution in [0.15, 0.2) is 34.8 Å². The number of oxime groups is 1. The Kier molecular flexibility index (Phi) is 7.95. The molecule has 0 atom stereocenters. The smallest absolute Gasteiger partial charge is 0.410 e. The minimum Gasteiger partial charge on any atom is -0.444 e. The van der Waals surface area contributed by atoms with Crippen LogP contribution in [0.3, 0.4) is 0 Å². The second kappa shape index (κ2) is 10.5. The molecule has 0 bridgehead atoms. The predicted molar refractivity (Wildman–Crippen MR) is 126 cm³/mol. The van der Waals surface area contributed by atoms with E-state index in [-0.39, 0.29) is 12.0 Å². The van der Waals surface area contributed by atoms with Crippen molar-refractivity contribution in [2.45, 2.75) is 57.2 Å². The number of likely N-dealkylation sites (tertiary alicyclic amines) is 1. The molecule has 32 heavy (non-hydrogen) atoms. The van der Waals surface area contributed by atoms with E-state index in [1.54, 1.807) is 29.4 Å². The van der Waals surface area contributed by atoms with E-state index in [1.807, 2.05) is 34.0 Å².